The van der Waals surface area contributed by atoms with Crippen molar-refractivity contribution in [2.24, 2.45) is 0 Å². The molecule has 3 nitrogen and oxygen atoms in total. The molecule has 0 saturated carbocycles. The molecule has 0 atom stereocenters. The normalized spacial score (nSPS) is 8.42. The monoisotopic (exact) mass is 157 g/mol. The zero-order valence-electron chi connectivity index (χ0n) is 7.15. The van der Waals surface area contributed by atoms with Crippen molar-refractivity contribution in [2.75, 3.05) is 0 Å². The smallest absolute Gasteiger partial charge is 0.271 e. The molecule has 0 fully saturated rings. The van der Waals surface area contributed by atoms with Crippen LogP contribution in [0.15, 0.2) is 30.3 Å². The largest absolute Gasteiger partial charge is 1.00 e. The van der Waals surface area contributed by atoms with Gasteiger partial charge >= 0.3 is 18.9 Å². The summed E-state index contributed by atoms with van der Waals surface area (Å²) in [5.41, 5.74) is 0.664. The summed E-state index contributed by atoms with van der Waals surface area (Å²) in [5, 5.41) is 10.3. The van der Waals surface area contributed by atoms with Crippen molar-refractivity contribution in [3.8, 4) is 0 Å². The number of rotatable bonds is 2. The third-order valence-corrected chi connectivity index (χ3v) is 1.47. The Balaban J connectivity index is 0.00000121. The van der Waals surface area contributed by atoms with Crippen LogP contribution in [0.3, 0.4) is 0 Å². The zero-order chi connectivity index (χ0) is 8.27. The first-order valence-corrected chi connectivity index (χ1v) is 3.25. The average Bonchev–Trinajstić information content (AvgIpc) is 2.05. The van der Waals surface area contributed by atoms with E-state index in [0.29, 0.717) is 5.56 Å². The van der Waals surface area contributed by atoms with E-state index in [1.54, 1.807) is 24.3 Å². The Kier molecular flexibility index (Phi) is 4.49. The van der Waals surface area contributed by atoms with Gasteiger partial charge in [0.15, 0.2) is 0 Å². The molecule has 0 spiro atoms. The Labute approximate surface area is 83.1 Å². The van der Waals surface area contributed by atoms with Gasteiger partial charge in [0.05, 0.1) is 0 Å². The maximum absolute atomic E-state index is 10.3. The van der Waals surface area contributed by atoms with Crippen LogP contribution in [-0.4, -0.2) is 4.92 Å². The molecule has 0 aromatic heterocycles. The third-order valence-electron chi connectivity index (χ3n) is 1.47. The van der Waals surface area contributed by atoms with Crippen molar-refractivity contribution in [1.29, 1.82) is 0 Å². The molecular weight excluding hydrogens is 149 g/mol. The molecule has 0 aliphatic carbocycles. The van der Waals surface area contributed by atoms with E-state index in [0.717, 1.165) is 0 Å². The maximum atomic E-state index is 10.3. The van der Waals surface area contributed by atoms with Crippen LogP contribution in [0, 0.1) is 16.2 Å². The first-order valence-electron chi connectivity index (χ1n) is 3.25. The van der Waals surface area contributed by atoms with Gasteiger partial charge in [0.25, 0.3) is 0 Å². The summed E-state index contributed by atoms with van der Waals surface area (Å²) >= 11 is 0. The van der Waals surface area contributed by atoms with E-state index in [-0.39, 0.29) is 29.8 Å². The zero-order valence-corrected chi connectivity index (χ0v) is 7.15. The molecule has 12 heavy (non-hydrogen) atoms. The van der Waals surface area contributed by atoms with Crippen molar-refractivity contribution >= 4 is 0 Å². The first-order chi connectivity index (χ1) is 5.22. The molecular formula is C8H8LiNO2. The topological polar surface area (TPSA) is 43.1 Å². The summed E-state index contributed by atoms with van der Waals surface area (Å²) in [6.45, 7) is 1.50. The van der Waals surface area contributed by atoms with Gasteiger partial charge in [-0.15, -0.1) is 17.7 Å². The van der Waals surface area contributed by atoms with Gasteiger partial charge < -0.3 is 0 Å². The number of nitrogens with zero attached hydrogens (tertiary/aromatic N) is 1. The Morgan fingerprint density at radius 3 is 2.25 bits per heavy atom. The number of hydrogen-bond donors (Lipinski definition) is 0. The maximum Gasteiger partial charge on any atom is 1.00 e. The van der Waals surface area contributed by atoms with Crippen LogP contribution < -0.4 is 18.9 Å². The van der Waals surface area contributed by atoms with Crippen LogP contribution in [0.5, 0.6) is 0 Å². The molecule has 0 aliphatic heterocycles. The quantitative estimate of drug-likeness (QED) is 0.236. The summed E-state index contributed by atoms with van der Waals surface area (Å²) in [7, 11) is 0. The average molecular weight is 157 g/mol. The molecule has 1 aromatic carbocycles. The van der Waals surface area contributed by atoms with Crippen LogP contribution in [0.25, 0.3) is 0 Å². The molecule has 1 rings (SSSR count). The van der Waals surface area contributed by atoms with Crippen LogP contribution in [0.2, 0.25) is 0 Å². The van der Waals surface area contributed by atoms with Crippen LogP contribution >= 0.6 is 0 Å². The Bertz CT molecular complexity index is 250. The van der Waals surface area contributed by atoms with Gasteiger partial charge in [-0.2, -0.15) is 12.1 Å². The summed E-state index contributed by atoms with van der Waals surface area (Å²) in [4.78, 5) is 9.89. The summed E-state index contributed by atoms with van der Waals surface area (Å²) in [5.74, 6) is 0. The van der Waals surface area contributed by atoms with Gasteiger partial charge in [-0.25, -0.2) is 0 Å². The van der Waals surface area contributed by atoms with Crippen molar-refractivity contribution < 1.29 is 23.8 Å². The Hall–Kier alpha value is -0.913. The molecule has 0 heterocycles. The second kappa shape index (κ2) is 4.86. The van der Waals surface area contributed by atoms with Crippen molar-refractivity contribution in [3.63, 3.8) is 0 Å². The molecule has 4 heteroatoms. The minimum Gasteiger partial charge on any atom is -0.271 e. The van der Waals surface area contributed by atoms with Crippen LogP contribution in [0.4, 0.5) is 0 Å². The van der Waals surface area contributed by atoms with Crippen molar-refractivity contribution in [2.45, 2.75) is 6.92 Å². The first kappa shape index (κ1) is 11.1. The fourth-order valence-electron chi connectivity index (χ4n) is 0.785. The molecule has 0 radical (unpaired) electrons. The molecule has 58 valence electrons. The van der Waals surface area contributed by atoms with Crippen LogP contribution in [-0.2, 0) is 0 Å². The standard InChI is InChI=1S/C8H8NO2.Li/c1-7(9(10)11)8-5-3-2-4-6-8;/h2-6H,1H3;/q-1;+1. The second-order valence-corrected chi connectivity index (χ2v) is 2.21. The molecule has 0 unspecified atom stereocenters. The van der Waals surface area contributed by atoms with Crippen LogP contribution in [0.1, 0.15) is 12.5 Å². The minimum atomic E-state index is -0.380. The predicted octanol–water partition coefficient (Wildman–Crippen LogP) is -1.13. The van der Waals surface area contributed by atoms with E-state index in [1.807, 2.05) is 6.07 Å². The van der Waals surface area contributed by atoms with E-state index in [2.05, 4.69) is 0 Å². The molecule has 1 aromatic rings. The summed E-state index contributed by atoms with van der Waals surface area (Å²) in [6, 6.07) is 9.02. The van der Waals surface area contributed by atoms with Crippen molar-refractivity contribution in [3.05, 3.63) is 52.1 Å². The predicted molar refractivity (Wildman–Crippen MR) is 41.5 cm³/mol. The number of benzene rings is 1. The van der Waals surface area contributed by atoms with Gasteiger partial charge in [0.1, 0.15) is 6.04 Å². The minimum absolute atomic E-state index is 0. The van der Waals surface area contributed by atoms with Gasteiger partial charge in [-0.1, -0.05) is 6.07 Å². The van der Waals surface area contributed by atoms with E-state index >= 15 is 0 Å². The fourth-order valence-corrected chi connectivity index (χ4v) is 0.785. The second-order valence-electron chi connectivity index (χ2n) is 2.21. The molecule has 0 bridgehead atoms. The van der Waals surface area contributed by atoms with Gasteiger partial charge in [0.2, 0.25) is 0 Å². The summed E-state index contributed by atoms with van der Waals surface area (Å²) in [6.07, 6.45) is 0. The number of nitro groups is 1. The Morgan fingerprint density at radius 1 is 1.33 bits per heavy atom. The van der Waals surface area contributed by atoms with E-state index in [9.17, 15) is 10.1 Å². The number of hydrogen-bond acceptors (Lipinski definition) is 2. The third kappa shape index (κ3) is 2.61. The molecule has 0 N–H and O–H groups in total. The molecule has 0 saturated heterocycles. The summed E-state index contributed by atoms with van der Waals surface area (Å²) < 4.78 is 0. The van der Waals surface area contributed by atoms with Gasteiger partial charge in [-0.3, -0.25) is 10.1 Å². The Morgan fingerprint density at radius 2 is 1.83 bits per heavy atom. The molecule has 0 amide bonds. The van der Waals surface area contributed by atoms with Gasteiger partial charge in [0, 0.05) is 0 Å². The fraction of sp³-hybridized carbons (Fsp3) is 0.125. The van der Waals surface area contributed by atoms with E-state index in [4.69, 9.17) is 0 Å². The van der Waals surface area contributed by atoms with E-state index < -0.39 is 0 Å². The van der Waals surface area contributed by atoms with Gasteiger partial charge in [-0.05, 0) is 11.8 Å². The van der Waals surface area contributed by atoms with E-state index in [1.165, 1.54) is 6.92 Å². The molecule has 0 aliphatic rings. The van der Waals surface area contributed by atoms with Crippen molar-refractivity contribution in [1.82, 2.24) is 0 Å². The SMILES string of the molecule is C[C-](c1ccccc1)[N+](=O)[O-].[Li+].